The van der Waals surface area contributed by atoms with Crippen LogP contribution in [0.25, 0.3) is 6.08 Å². The quantitative estimate of drug-likeness (QED) is 0.615. The number of piperidine rings is 1. The molecule has 2 saturated heterocycles. The first-order valence-electron chi connectivity index (χ1n) is 8.89. The number of benzene rings is 1. The maximum atomic E-state index is 12.7. The second-order valence-electron chi connectivity index (χ2n) is 6.44. The van der Waals surface area contributed by atoms with Crippen molar-refractivity contribution in [3.8, 4) is 11.5 Å². The topological polar surface area (TPSA) is 76.2 Å². The first kappa shape index (κ1) is 20.7. The van der Waals surface area contributed by atoms with Crippen molar-refractivity contribution >= 4 is 50.8 Å². The third-order valence-corrected chi connectivity index (χ3v) is 6.00. The minimum Gasteiger partial charge on any atom is -0.493 e. The molecule has 0 atom stereocenters. The number of imide groups is 1. The smallest absolute Gasteiger partial charge is 0.294 e. The number of carbonyl (C=O) groups is 3. The molecule has 2 aliphatic heterocycles. The molecule has 0 saturated carbocycles. The average molecular weight is 469 g/mol. The number of thioether (sulfide) groups is 1. The Morgan fingerprint density at radius 2 is 1.89 bits per heavy atom. The van der Waals surface area contributed by atoms with Gasteiger partial charge in [0.15, 0.2) is 11.5 Å². The summed E-state index contributed by atoms with van der Waals surface area (Å²) in [5, 5.41) is -0.442. The summed E-state index contributed by atoms with van der Waals surface area (Å²) in [5.74, 6) is 0.302. The minimum absolute atomic E-state index is 0.190. The van der Waals surface area contributed by atoms with Crippen LogP contribution in [0.5, 0.6) is 11.5 Å². The van der Waals surface area contributed by atoms with Gasteiger partial charge in [0.05, 0.1) is 19.1 Å². The van der Waals surface area contributed by atoms with Crippen LogP contribution < -0.4 is 9.47 Å². The van der Waals surface area contributed by atoms with Crippen molar-refractivity contribution in [1.29, 1.82) is 0 Å². The highest BCUT2D eigenvalue weighted by atomic mass is 79.9. The summed E-state index contributed by atoms with van der Waals surface area (Å²) >= 11 is 4.22. The van der Waals surface area contributed by atoms with E-state index in [1.165, 1.54) is 14.2 Å². The number of nitrogens with zero attached hydrogens (tertiary/aromatic N) is 2. The van der Waals surface area contributed by atoms with Gasteiger partial charge in [-0.3, -0.25) is 19.3 Å². The summed E-state index contributed by atoms with van der Waals surface area (Å²) in [5.41, 5.74) is 0.599. The Balaban J connectivity index is 1.81. The van der Waals surface area contributed by atoms with Crippen molar-refractivity contribution in [2.45, 2.75) is 19.3 Å². The predicted molar refractivity (Wildman–Crippen MR) is 110 cm³/mol. The molecule has 0 aromatic heterocycles. The lowest BCUT2D eigenvalue weighted by Gasteiger charge is -2.27. The van der Waals surface area contributed by atoms with Crippen molar-refractivity contribution in [1.82, 2.24) is 9.80 Å². The first-order valence-corrected chi connectivity index (χ1v) is 10.5. The van der Waals surface area contributed by atoms with Crippen LogP contribution in [0.4, 0.5) is 4.79 Å². The predicted octanol–water partition coefficient (Wildman–Crippen LogP) is 3.52. The molecule has 0 aliphatic carbocycles. The summed E-state index contributed by atoms with van der Waals surface area (Å²) in [6, 6.07) is 3.52. The van der Waals surface area contributed by atoms with E-state index >= 15 is 0 Å². The van der Waals surface area contributed by atoms with Gasteiger partial charge < -0.3 is 14.4 Å². The fourth-order valence-electron chi connectivity index (χ4n) is 3.22. The van der Waals surface area contributed by atoms with Crippen molar-refractivity contribution in [3.05, 3.63) is 27.1 Å². The molecule has 1 aromatic rings. The molecule has 9 heteroatoms. The highest BCUT2D eigenvalue weighted by Gasteiger charge is 2.37. The van der Waals surface area contributed by atoms with Crippen LogP contribution in [0, 0.1) is 0 Å². The van der Waals surface area contributed by atoms with Crippen molar-refractivity contribution in [2.24, 2.45) is 0 Å². The first-order chi connectivity index (χ1) is 13.4. The monoisotopic (exact) mass is 468 g/mol. The van der Waals surface area contributed by atoms with E-state index in [0.717, 1.165) is 40.4 Å². The number of ether oxygens (including phenoxy) is 2. The number of hydrogen-bond acceptors (Lipinski definition) is 6. The SMILES string of the molecule is COc1cc(Br)cc(C=C2SC(=O)N(CC(=O)N3CCCCC3)C2=O)c1OC. The normalized spacial score (nSPS) is 18.8. The molecular weight excluding hydrogens is 448 g/mol. The fraction of sp³-hybridized carbons (Fsp3) is 0.421. The van der Waals surface area contributed by atoms with E-state index in [0.29, 0.717) is 30.2 Å². The van der Waals surface area contributed by atoms with E-state index < -0.39 is 11.1 Å². The van der Waals surface area contributed by atoms with Gasteiger partial charge in [-0.1, -0.05) is 15.9 Å². The number of halogens is 1. The molecule has 2 heterocycles. The largest absolute Gasteiger partial charge is 0.493 e. The van der Waals surface area contributed by atoms with Crippen molar-refractivity contribution < 1.29 is 23.9 Å². The number of carbonyl (C=O) groups excluding carboxylic acids is 3. The molecular formula is C19H21BrN2O5S. The third-order valence-electron chi connectivity index (χ3n) is 4.63. The van der Waals surface area contributed by atoms with Gasteiger partial charge in [0.25, 0.3) is 11.1 Å². The Bertz CT molecular complexity index is 836. The molecule has 1 aromatic carbocycles. The highest BCUT2D eigenvalue weighted by molar-refractivity contribution is 9.10. The van der Waals surface area contributed by atoms with Gasteiger partial charge in [0.2, 0.25) is 5.91 Å². The van der Waals surface area contributed by atoms with Crippen LogP contribution in [0.2, 0.25) is 0 Å². The van der Waals surface area contributed by atoms with Gasteiger partial charge in [-0.25, -0.2) is 0 Å². The number of rotatable bonds is 5. The van der Waals surface area contributed by atoms with Gasteiger partial charge >= 0.3 is 0 Å². The van der Waals surface area contributed by atoms with Crippen molar-refractivity contribution in [3.63, 3.8) is 0 Å². The molecule has 0 spiro atoms. The number of methoxy groups -OCH3 is 2. The second kappa shape index (κ2) is 9.00. The molecule has 0 unspecified atom stereocenters. The van der Waals surface area contributed by atoms with Gasteiger partial charge in [-0.05, 0) is 49.2 Å². The molecule has 7 nitrogen and oxygen atoms in total. The van der Waals surface area contributed by atoms with E-state index in [4.69, 9.17) is 9.47 Å². The van der Waals surface area contributed by atoms with Crippen LogP contribution in [-0.2, 0) is 9.59 Å². The Kier molecular flexibility index (Phi) is 6.66. The average Bonchev–Trinajstić information content (AvgIpc) is 2.95. The molecule has 150 valence electrons. The molecule has 3 amide bonds. The lowest BCUT2D eigenvalue weighted by molar-refractivity contribution is -0.136. The lowest BCUT2D eigenvalue weighted by atomic mass is 10.1. The fourth-order valence-corrected chi connectivity index (χ4v) is 4.51. The summed E-state index contributed by atoms with van der Waals surface area (Å²) in [6.45, 7) is 1.14. The molecule has 2 fully saturated rings. The second-order valence-corrected chi connectivity index (χ2v) is 8.35. The Labute approximate surface area is 176 Å². The van der Waals surface area contributed by atoms with E-state index in [1.54, 1.807) is 23.1 Å². The molecule has 28 heavy (non-hydrogen) atoms. The molecule has 0 radical (unpaired) electrons. The van der Waals surface area contributed by atoms with Gasteiger partial charge in [-0.15, -0.1) is 0 Å². The summed E-state index contributed by atoms with van der Waals surface area (Å²) < 4.78 is 11.4. The zero-order chi connectivity index (χ0) is 20.3. The van der Waals surface area contributed by atoms with Crippen LogP contribution >= 0.6 is 27.7 Å². The molecule has 3 rings (SSSR count). The van der Waals surface area contributed by atoms with Crippen LogP contribution in [0.3, 0.4) is 0 Å². The molecule has 2 aliphatic rings. The Morgan fingerprint density at radius 3 is 2.54 bits per heavy atom. The highest BCUT2D eigenvalue weighted by Crippen LogP contribution is 2.39. The third kappa shape index (κ3) is 4.35. The van der Waals surface area contributed by atoms with Crippen LogP contribution in [-0.4, -0.2) is 60.7 Å². The van der Waals surface area contributed by atoms with E-state index in [-0.39, 0.29) is 17.4 Å². The number of likely N-dealkylation sites (tertiary alicyclic amines) is 1. The number of hydrogen-bond donors (Lipinski definition) is 0. The Hall–Kier alpha value is -2.00. The maximum absolute atomic E-state index is 12.7. The summed E-state index contributed by atoms with van der Waals surface area (Å²) in [7, 11) is 3.03. The maximum Gasteiger partial charge on any atom is 0.294 e. The lowest BCUT2D eigenvalue weighted by Crippen LogP contribution is -2.44. The number of amides is 3. The van der Waals surface area contributed by atoms with Crippen molar-refractivity contribution in [2.75, 3.05) is 33.9 Å². The van der Waals surface area contributed by atoms with E-state index in [9.17, 15) is 14.4 Å². The standard InChI is InChI=1S/C19H21BrN2O5S/c1-26-14-10-13(20)8-12(17(14)27-2)9-15-18(24)22(19(25)28-15)11-16(23)21-6-4-3-5-7-21/h8-10H,3-7,11H2,1-2H3. The zero-order valence-corrected chi connectivity index (χ0v) is 18.1. The summed E-state index contributed by atoms with van der Waals surface area (Å²) in [4.78, 5) is 40.5. The van der Waals surface area contributed by atoms with Crippen LogP contribution in [0.15, 0.2) is 21.5 Å². The molecule has 0 N–H and O–H groups in total. The summed E-state index contributed by atoms with van der Waals surface area (Å²) in [6.07, 6.45) is 4.60. The Morgan fingerprint density at radius 1 is 1.18 bits per heavy atom. The van der Waals surface area contributed by atoms with E-state index in [1.807, 2.05) is 0 Å². The van der Waals surface area contributed by atoms with Crippen LogP contribution in [0.1, 0.15) is 24.8 Å². The van der Waals surface area contributed by atoms with Gasteiger partial charge in [0, 0.05) is 23.1 Å². The molecule has 0 bridgehead atoms. The zero-order valence-electron chi connectivity index (χ0n) is 15.7. The van der Waals surface area contributed by atoms with Gasteiger partial charge in [-0.2, -0.15) is 0 Å². The van der Waals surface area contributed by atoms with Gasteiger partial charge in [0.1, 0.15) is 6.54 Å². The van der Waals surface area contributed by atoms with E-state index in [2.05, 4.69) is 15.9 Å². The minimum atomic E-state index is -0.471.